The smallest absolute Gasteiger partial charge is 0.338 e. The topological polar surface area (TPSA) is 82.5 Å². The highest BCUT2D eigenvalue weighted by Crippen LogP contribution is 2.10. The molecule has 0 saturated carbocycles. The molecule has 0 unspecified atom stereocenters. The lowest BCUT2D eigenvalue weighted by atomic mass is 10.1. The van der Waals surface area contributed by atoms with Crippen LogP contribution in [0.2, 0.25) is 0 Å². The molecule has 1 heterocycles. The van der Waals surface area contributed by atoms with Crippen LogP contribution in [0.15, 0.2) is 12.1 Å². The molecule has 0 aromatic carbocycles. The number of aromatic nitrogens is 1. The SMILES string of the molecule is CCCCN(CCCC)CCCC.Cc1ccc(C(=O)O)c(C(=O)NC(C)(C)C)n1. The van der Waals surface area contributed by atoms with Crippen molar-refractivity contribution in [2.75, 3.05) is 19.6 Å². The molecule has 1 amide bonds. The molecule has 0 radical (unpaired) electrons. The van der Waals surface area contributed by atoms with Crippen LogP contribution in [0, 0.1) is 6.92 Å². The summed E-state index contributed by atoms with van der Waals surface area (Å²) < 4.78 is 0. The van der Waals surface area contributed by atoms with E-state index in [-0.39, 0.29) is 11.3 Å². The molecule has 0 spiro atoms. The second kappa shape index (κ2) is 14.9. The molecule has 1 rings (SSSR count). The van der Waals surface area contributed by atoms with Gasteiger partial charge < -0.3 is 15.3 Å². The highest BCUT2D eigenvalue weighted by Gasteiger charge is 2.22. The van der Waals surface area contributed by atoms with Crippen LogP contribution in [0.25, 0.3) is 0 Å². The van der Waals surface area contributed by atoms with Crippen LogP contribution >= 0.6 is 0 Å². The zero-order valence-electron chi connectivity index (χ0n) is 20.2. The third-order valence-corrected chi connectivity index (χ3v) is 4.45. The normalized spacial score (nSPS) is 11.1. The summed E-state index contributed by atoms with van der Waals surface area (Å²) in [6.07, 6.45) is 8.09. The second-order valence-electron chi connectivity index (χ2n) is 8.76. The summed E-state index contributed by atoms with van der Waals surface area (Å²) in [5.41, 5.74) is 0.0389. The fourth-order valence-electron chi connectivity index (χ4n) is 2.78. The Balaban J connectivity index is 0.000000584. The van der Waals surface area contributed by atoms with Crippen LogP contribution in [0.1, 0.15) is 107 Å². The minimum atomic E-state index is -1.16. The lowest BCUT2D eigenvalue weighted by Gasteiger charge is -2.21. The van der Waals surface area contributed by atoms with E-state index in [1.807, 2.05) is 20.8 Å². The number of unbranched alkanes of at least 4 members (excludes halogenated alkanes) is 3. The second-order valence-corrected chi connectivity index (χ2v) is 8.76. The van der Waals surface area contributed by atoms with Gasteiger partial charge in [0.05, 0.1) is 5.56 Å². The number of hydrogen-bond donors (Lipinski definition) is 2. The number of pyridine rings is 1. The van der Waals surface area contributed by atoms with Gasteiger partial charge in [-0.05, 0) is 78.7 Å². The highest BCUT2D eigenvalue weighted by atomic mass is 16.4. The van der Waals surface area contributed by atoms with Gasteiger partial charge in [-0.3, -0.25) is 4.79 Å². The first-order chi connectivity index (χ1) is 14.1. The van der Waals surface area contributed by atoms with Crippen molar-refractivity contribution < 1.29 is 14.7 Å². The minimum Gasteiger partial charge on any atom is -0.478 e. The maximum atomic E-state index is 11.9. The van der Waals surface area contributed by atoms with E-state index in [9.17, 15) is 9.59 Å². The zero-order valence-corrected chi connectivity index (χ0v) is 20.2. The summed E-state index contributed by atoms with van der Waals surface area (Å²) in [6.45, 7) is 17.9. The lowest BCUT2D eigenvalue weighted by molar-refractivity contribution is 0.0688. The van der Waals surface area contributed by atoms with Crippen molar-refractivity contribution in [1.29, 1.82) is 0 Å². The van der Waals surface area contributed by atoms with Crippen molar-refractivity contribution in [3.8, 4) is 0 Å². The van der Waals surface area contributed by atoms with Gasteiger partial charge in [0.25, 0.3) is 5.91 Å². The van der Waals surface area contributed by atoms with Gasteiger partial charge in [0, 0.05) is 11.2 Å². The van der Waals surface area contributed by atoms with Gasteiger partial charge in [-0.15, -0.1) is 0 Å². The zero-order chi connectivity index (χ0) is 23.2. The van der Waals surface area contributed by atoms with Crippen molar-refractivity contribution >= 4 is 11.9 Å². The van der Waals surface area contributed by atoms with Crippen molar-refractivity contribution in [2.45, 2.75) is 92.5 Å². The largest absolute Gasteiger partial charge is 0.478 e. The van der Waals surface area contributed by atoms with Crippen LogP contribution in [0.3, 0.4) is 0 Å². The number of nitrogens with zero attached hydrogens (tertiary/aromatic N) is 2. The Bertz CT molecular complexity index is 620. The Hall–Kier alpha value is -1.95. The summed E-state index contributed by atoms with van der Waals surface area (Å²) in [7, 11) is 0. The molecule has 0 saturated heterocycles. The van der Waals surface area contributed by atoms with E-state index in [1.165, 1.54) is 64.2 Å². The van der Waals surface area contributed by atoms with Gasteiger partial charge >= 0.3 is 5.97 Å². The van der Waals surface area contributed by atoms with Gasteiger partial charge in [0.2, 0.25) is 0 Å². The van der Waals surface area contributed by atoms with Crippen molar-refractivity contribution in [3.05, 3.63) is 29.1 Å². The predicted octanol–water partition coefficient (Wildman–Crippen LogP) is 5.31. The maximum Gasteiger partial charge on any atom is 0.338 e. The first-order valence-electron chi connectivity index (χ1n) is 11.3. The molecule has 172 valence electrons. The van der Waals surface area contributed by atoms with E-state index in [4.69, 9.17) is 5.11 Å². The van der Waals surface area contributed by atoms with E-state index in [0.29, 0.717) is 5.69 Å². The number of amides is 1. The van der Waals surface area contributed by atoms with E-state index >= 15 is 0 Å². The molecule has 0 aliphatic rings. The van der Waals surface area contributed by atoms with Gasteiger partial charge in [-0.2, -0.15) is 0 Å². The number of rotatable bonds is 11. The number of carboxylic acid groups (broad SMARTS) is 1. The maximum absolute atomic E-state index is 11.9. The van der Waals surface area contributed by atoms with Gasteiger partial charge in [-0.1, -0.05) is 40.0 Å². The standard InChI is InChI=1S/C12H16N2O3.C12H27N/c1-7-5-6-8(11(16)17)9(13-7)10(15)14-12(2,3)4;1-4-7-10-13(11-8-5-2)12-9-6-3/h5-6H,1-4H3,(H,14,15)(H,16,17);4-12H2,1-3H3. The first kappa shape index (κ1) is 28.1. The third-order valence-electron chi connectivity index (χ3n) is 4.45. The summed E-state index contributed by atoms with van der Waals surface area (Å²) >= 11 is 0. The molecule has 1 aromatic rings. The number of carboxylic acids is 1. The summed E-state index contributed by atoms with van der Waals surface area (Å²) in [4.78, 5) is 29.5. The lowest BCUT2D eigenvalue weighted by Crippen LogP contribution is -2.41. The molecule has 0 bridgehead atoms. The Labute approximate surface area is 183 Å². The fourth-order valence-corrected chi connectivity index (χ4v) is 2.78. The van der Waals surface area contributed by atoms with E-state index < -0.39 is 17.4 Å². The van der Waals surface area contributed by atoms with Crippen LogP contribution in [0.4, 0.5) is 0 Å². The van der Waals surface area contributed by atoms with Crippen molar-refractivity contribution in [1.82, 2.24) is 15.2 Å². The monoisotopic (exact) mass is 421 g/mol. The number of aryl methyl sites for hydroxylation is 1. The Morgan fingerprint density at radius 3 is 1.80 bits per heavy atom. The molecule has 0 aliphatic carbocycles. The Kier molecular flexibility index (Phi) is 14.0. The highest BCUT2D eigenvalue weighted by molar-refractivity contribution is 6.03. The van der Waals surface area contributed by atoms with Crippen LogP contribution in [-0.4, -0.2) is 52.0 Å². The van der Waals surface area contributed by atoms with Crippen molar-refractivity contribution in [3.63, 3.8) is 0 Å². The van der Waals surface area contributed by atoms with Gasteiger partial charge in [-0.25, -0.2) is 9.78 Å². The number of aromatic carboxylic acids is 1. The van der Waals surface area contributed by atoms with Crippen molar-refractivity contribution in [2.24, 2.45) is 0 Å². The van der Waals surface area contributed by atoms with Crippen LogP contribution in [-0.2, 0) is 0 Å². The molecule has 0 aliphatic heterocycles. The molecule has 6 heteroatoms. The first-order valence-corrected chi connectivity index (χ1v) is 11.3. The van der Waals surface area contributed by atoms with E-state index in [0.717, 1.165) is 0 Å². The summed E-state index contributed by atoms with van der Waals surface area (Å²) in [6, 6.07) is 2.96. The summed E-state index contributed by atoms with van der Waals surface area (Å²) in [5.74, 6) is -1.63. The average Bonchev–Trinajstić information content (AvgIpc) is 2.66. The minimum absolute atomic E-state index is 0.0487. The van der Waals surface area contributed by atoms with Crippen LogP contribution in [0.5, 0.6) is 0 Å². The molecular formula is C24H43N3O3. The molecule has 30 heavy (non-hydrogen) atoms. The number of carbonyl (C=O) groups is 2. The average molecular weight is 422 g/mol. The molecule has 0 fully saturated rings. The summed E-state index contributed by atoms with van der Waals surface area (Å²) in [5, 5.41) is 11.7. The fraction of sp³-hybridized carbons (Fsp3) is 0.708. The molecule has 6 nitrogen and oxygen atoms in total. The number of nitrogens with one attached hydrogen (secondary N) is 1. The molecule has 2 N–H and O–H groups in total. The molecule has 1 aromatic heterocycles. The molecular weight excluding hydrogens is 378 g/mol. The quantitative estimate of drug-likeness (QED) is 0.506. The number of carbonyl (C=O) groups excluding carboxylic acids is 1. The van der Waals surface area contributed by atoms with Gasteiger partial charge in [0.1, 0.15) is 5.69 Å². The Morgan fingerprint density at radius 1 is 0.967 bits per heavy atom. The van der Waals surface area contributed by atoms with E-state index in [2.05, 4.69) is 36.0 Å². The number of hydrogen-bond acceptors (Lipinski definition) is 4. The third kappa shape index (κ3) is 12.6. The molecule has 0 atom stereocenters. The van der Waals surface area contributed by atoms with E-state index in [1.54, 1.807) is 13.0 Å². The van der Waals surface area contributed by atoms with Gasteiger partial charge in [0.15, 0.2) is 0 Å². The Morgan fingerprint density at radius 2 is 1.43 bits per heavy atom. The van der Waals surface area contributed by atoms with Crippen LogP contribution < -0.4 is 5.32 Å². The predicted molar refractivity (Wildman–Crippen MR) is 124 cm³/mol.